The molecule has 6 nitrogen and oxygen atoms in total. The topological polar surface area (TPSA) is 68.5 Å². The van der Waals surface area contributed by atoms with Crippen molar-refractivity contribution in [1.82, 2.24) is 15.2 Å². The van der Waals surface area contributed by atoms with Crippen LogP contribution in [0.1, 0.15) is 23.1 Å². The van der Waals surface area contributed by atoms with Gasteiger partial charge in [-0.25, -0.2) is 10.2 Å². The van der Waals surface area contributed by atoms with Crippen LogP contribution in [0.3, 0.4) is 0 Å². The van der Waals surface area contributed by atoms with Gasteiger partial charge in [-0.1, -0.05) is 12.1 Å². The standard InChI is InChI=1S/C16H15F3N4O2/c17-16(18,19)13-9-12(14-10-25-15(24)22-21-14)5-4-11(13)3-1-7-23-8-2-6-20-23/h2,4-6,8-9H,1,3,7,10H2,(H,22,24). The van der Waals surface area contributed by atoms with Crippen LogP contribution in [-0.2, 0) is 23.9 Å². The van der Waals surface area contributed by atoms with E-state index in [2.05, 4.69) is 15.6 Å². The molecular formula is C16H15F3N4O2. The number of hydrogen-bond donors (Lipinski definition) is 1. The maximum atomic E-state index is 13.4. The number of alkyl halides is 3. The van der Waals surface area contributed by atoms with E-state index >= 15 is 0 Å². The van der Waals surface area contributed by atoms with E-state index in [4.69, 9.17) is 4.74 Å². The fourth-order valence-electron chi connectivity index (χ4n) is 2.56. The molecule has 0 bridgehead atoms. The SMILES string of the molecule is O=C1NN=C(c2ccc(CCCn3cccn3)c(C(F)(F)F)c2)CO1. The van der Waals surface area contributed by atoms with E-state index < -0.39 is 17.8 Å². The fourth-order valence-corrected chi connectivity index (χ4v) is 2.56. The van der Waals surface area contributed by atoms with Crippen molar-refractivity contribution in [2.24, 2.45) is 5.10 Å². The van der Waals surface area contributed by atoms with Crippen LogP contribution in [0.5, 0.6) is 0 Å². The predicted molar refractivity (Wildman–Crippen MR) is 83.0 cm³/mol. The number of rotatable bonds is 5. The number of aryl methyl sites for hydroxylation is 2. The normalized spacial score (nSPS) is 14.7. The zero-order chi connectivity index (χ0) is 17.9. The predicted octanol–water partition coefficient (Wildman–Crippen LogP) is 2.98. The molecule has 1 aliphatic rings. The molecule has 0 atom stereocenters. The maximum Gasteiger partial charge on any atom is 0.428 e. The van der Waals surface area contributed by atoms with Crippen LogP contribution in [0.4, 0.5) is 18.0 Å². The second kappa shape index (κ2) is 6.96. The number of halogens is 3. The highest BCUT2D eigenvalue weighted by molar-refractivity contribution is 6.03. The van der Waals surface area contributed by atoms with Gasteiger partial charge in [0.2, 0.25) is 0 Å². The zero-order valence-electron chi connectivity index (χ0n) is 13.1. The monoisotopic (exact) mass is 352 g/mol. The molecule has 132 valence electrons. The summed E-state index contributed by atoms with van der Waals surface area (Å²) in [5.74, 6) is 0. The molecule has 0 radical (unpaired) electrons. The minimum Gasteiger partial charge on any atom is -0.442 e. The Balaban J connectivity index is 1.79. The number of carbonyl (C=O) groups excluding carboxylic acids is 1. The summed E-state index contributed by atoms with van der Waals surface area (Å²) in [6.45, 7) is 0.375. The number of hydrazone groups is 1. The van der Waals surface area contributed by atoms with Gasteiger partial charge >= 0.3 is 12.3 Å². The Kier molecular flexibility index (Phi) is 4.73. The summed E-state index contributed by atoms with van der Waals surface area (Å²) >= 11 is 0. The van der Waals surface area contributed by atoms with E-state index in [-0.39, 0.29) is 29.9 Å². The summed E-state index contributed by atoms with van der Waals surface area (Å²) in [5.41, 5.74) is 2.11. The number of cyclic esters (lactones) is 1. The van der Waals surface area contributed by atoms with Crippen LogP contribution in [0, 0.1) is 0 Å². The lowest BCUT2D eigenvalue weighted by atomic mass is 9.97. The maximum absolute atomic E-state index is 13.4. The van der Waals surface area contributed by atoms with Gasteiger partial charge in [0.1, 0.15) is 12.3 Å². The van der Waals surface area contributed by atoms with Gasteiger partial charge in [-0.05, 0) is 30.5 Å². The number of nitrogens with zero attached hydrogens (tertiary/aromatic N) is 3. The van der Waals surface area contributed by atoms with Crippen LogP contribution in [0.25, 0.3) is 0 Å². The highest BCUT2D eigenvalue weighted by Gasteiger charge is 2.34. The van der Waals surface area contributed by atoms with Gasteiger partial charge in [-0.3, -0.25) is 4.68 Å². The van der Waals surface area contributed by atoms with Crippen molar-refractivity contribution in [2.45, 2.75) is 25.6 Å². The quantitative estimate of drug-likeness (QED) is 0.899. The summed E-state index contributed by atoms with van der Waals surface area (Å²) in [4.78, 5) is 10.9. The summed E-state index contributed by atoms with van der Waals surface area (Å²) in [7, 11) is 0. The van der Waals surface area contributed by atoms with Crippen LogP contribution >= 0.6 is 0 Å². The van der Waals surface area contributed by atoms with Gasteiger partial charge in [0.05, 0.1) is 5.56 Å². The van der Waals surface area contributed by atoms with Crippen molar-refractivity contribution in [3.63, 3.8) is 0 Å². The average Bonchev–Trinajstić information content (AvgIpc) is 3.08. The molecule has 3 rings (SSSR count). The molecule has 25 heavy (non-hydrogen) atoms. The third kappa shape index (κ3) is 4.17. The summed E-state index contributed by atoms with van der Waals surface area (Å²) < 4.78 is 46.6. The molecule has 2 heterocycles. The molecule has 1 aliphatic heterocycles. The second-order valence-corrected chi connectivity index (χ2v) is 5.49. The Hall–Kier alpha value is -2.84. The molecule has 0 spiro atoms. The Morgan fingerprint density at radius 2 is 2.16 bits per heavy atom. The molecule has 0 saturated heterocycles. The molecule has 0 aliphatic carbocycles. The highest BCUT2D eigenvalue weighted by atomic mass is 19.4. The fraction of sp³-hybridized carbons (Fsp3) is 0.312. The number of carbonyl (C=O) groups is 1. The molecule has 9 heteroatoms. The van der Waals surface area contributed by atoms with E-state index in [9.17, 15) is 18.0 Å². The number of hydrogen-bond acceptors (Lipinski definition) is 4. The van der Waals surface area contributed by atoms with Gasteiger partial charge in [-0.2, -0.15) is 23.4 Å². The minimum absolute atomic E-state index is 0.165. The molecule has 1 aromatic carbocycles. The lowest BCUT2D eigenvalue weighted by Gasteiger charge is -2.17. The lowest BCUT2D eigenvalue weighted by Crippen LogP contribution is -2.31. The minimum atomic E-state index is -4.48. The first-order valence-corrected chi connectivity index (χ1v) is 7.61. The van der Waals surface area contributed by atoms with Crippen LogP contribution in [-0.4, -0.2) is 28.2 Å². The van der Waals surface area contributed by atoms with Gasteiger partial charge in [-0.15, -0.1) is 0 Å². The molecular weight excluding hydrogens is 337 g/mol. The molecule has 1 N–H and O–H groups in total. The first-order valence-electron chi connectivity index (χ1n) is 7.61. The Bertz CT molecular complexity index is 785. The third-order valence-electron chi connectivity index (χ3n) is 3.76. The van der Waals surface area contributed by atoms with Gasteiger partial charge in [0.15, 0.2) is 0 Å². The van der Waals surface area contributed by atoms with Crippen molar-refractivity contribution in [3.05, 3.63) is 53.3 Å². The second-order valence-electron chi connectivity index (χ2n) is 5.49. The Labute approximate surface area is 141 Å². The van der Waals surface area contributed by atoms with Gasteiger partial charge in [0.25, 0.3) is 0 Å². The number of benzene rings is 1. The highest BCUT2D eigenvalue weighted by Crippen LogP contribution is 2.33. The molecule has 0 fully saturated rings. The smallest absolute Gasteiger partial charge is 0.428 e. The van der Waals surface area contributed by atoms with Gasteiger partial charge in [0, 0.05) is 24.5 Å². The third-order valence-corrected chi connectivity index (χ3v) is 3.76. The van der Waals surface area contributed by atoms with Crippen LogP contribution in [0.2, 0.25) is 0 Å². The average molecular weight is 352 g/mol. The van der Waals surface area contributed by atoms with Crippen LogP contribution in [0.15, 0.2) is 41.8 Å². The van der Waals surface area contributed by atoms with Gasteiger partial charge < -0.3 is 4.74 Å². The molecule has 1 amide bonds. The number of amides is 1. The molecule has 0 saturated carbocycles. The Morgan fingerprint density at radius 1 is 1.32 bits per heavy atom. The zero-order valence-corrected chi connectivity index (χ0v) is 13.1. The molecule has 2 aromatic rings. The largest absolute Gasteiger partial charge is 0.442 e. The lowest BCUT2D eigenvalue weighted by molar-refractivity contribution is -0.138. The van der Waals surface area contributed by atoms with Crippen molar-refractivity contribution in [1.29, 1.82) is 0 Å². The first kappa shape index (κ1) is 17.0. The van der Waals surface area contributed by atoms with E-state index in [1.807, 2.05) is 0 Å². The van der Waals surface area contributed by atoms with Crippen LogP contribution < -0.4 is 5.43 Å². The van der Waals surface area contributed by atoms with E-state index in [1.165, 1.54) is 6.07 Å². The number of nitrogens with one attached hydrogen (secondary N) is 1. The molecule has 1 aromatic heterocycles. The van der Waals surface area contributed by atoms with Crippen molar-refractivity contribution in [2.75, 3.05) is 6.61 Å². The van der Waals surface area contributed by atoms with Crippen molar-refractivity contribution in [3.8, 4) is 0 Å². The summed E-state index contributed by atoms with van der Waals surface area (Å²) in [6.07, 6.45) is -1.00. The van der Waals surface area contributed by atoms with E-state index in [1.54, 1.807) is 29.2 Å². The molecule has 0 unspecified atom stereocenters. The summed E-state index contributed by atoms with van der Waals surface area (Å²) in [5, 5.41) is 7.77. The van der Waals surface area contributed by atoms with E-state index in [0.29, 0.717) is 13.0 Å². The van der Waals surface area contributed by atoms with E-state index in [0.717, 1.165) is 6.07 Å². The number of aromatic nitrogens is 2. The van der Waals surface area contributed by atoms with Crippen molar-refractivity contribution < 1.29 is 22.7 Å². The Morgan fingerprint density at radius 3 is 2.80 bits per heavy atom. The number of ether oxygens (including phenoxy) is 1. The van der Waals surface area contributed by atoms with Crippen molar-refractivity contribution >= 4 is 11.8 Å². The first-order chi connectivity index (χ1) is 11.9. The summed E-state index contributed by atoms with van der Waals surface area (Å²) in [6, 6.07) is 5.81.